The minimum absolute atomic E-state index is 0.00754. The standard InChI is InChI=1S/C82H156N6O15/c1-12-16-18-20-22-24-26-28-30-32-34-36-38-40-42-47-56-82(57-48-43-41-39-37-35-33-31-29-27-25-23-21-19-17-13-2)100-64-68(103-82)55-61-88(11)60-50-44-45-52-71(89)85-65-81(10,15-4)102-67-79(7,8)99-62-59-84-76(97)78(5,6)66-101-80(9,14-3)63-72(90)83-58-49-46-51-69(74(93)94)86-77(98)87-70(75(95)96)53-54-73(91)92/h68-70H,12-67H2,1-11H3,(H,83,90)(H,84,97)(H,85,89)(H,91,92)(H,93,94)(H,95,96)(H2,86,87,98)/t68?,69-,70-,80?,81?/m1/s1. The smallest absolute Gasteiger partial charge is 0.326 e. The van der Waals surface area contributed by atoms with E-state index in [2.05, 4.69) is 52.4 Å². The second-order valence-electron chi connectivity index (χ2n) is 32.0. The Morgan fingerprint density at radius 3 is 1.41 bits per heavy atom. The van der Waals surface area contributed by atoms with Gasteiger partial charge < -0.3 is 70.5 Å². The first kappa shape index (κ1) is 96.9. The molecular formula is C82H156N6O15. The van der Waals surface area contributed by atoms with E-state index in [4.69, 9.17) is 28.8 Å². The minimum Gasteiger partial charge on any atom is -0.481 e. The average Bonchev–Trinajstić information content (AvgIpc) is 1.57. The van der Waals surface area contributed by atoms with Crippen LogP contribution < -0.4 is 26.6 Å². The predicted octanol–water partition coefficient (Wildman–Crippen LogP) is 17.5. The van der Waals surface area contributed by atoms with Crippen LogP contribution in [0.2, 0.25) is 0 Å². The number of unbranched alkanes of at least 4 members (excludes halogenated alkanes) is 33. The lowest BCUT2D eigenvalue weighted by molar-refractivity contribution is -0.180. The number of rotatable bonds is 72. The molecule has 604 valence electrons. The number of carboxylic acid groups (broad SMARTS) is 3. The van der Waals surface area contributed by atoms with E-state index in [-0.39, 0.29) is 76.0 Å². The molecule has 0 aliphatic carbocycles. The molecule has 0 bridgehead atoms. The summed E-state index contributed by atoms with van der Waals surface area (Å²) in [7, 11) is 2.20. The number of aliphatic carboxylic acids is 3. The Morgan fingerprint density at radius 1 is 0.485 bits per heavy atom. The Kier molecular flexibility index (Phi) is 55.4. The van der Waals surface area contributed by atoms with Gasteiger partial charge in [0.05, 0.1) is 61.2 Å². The number of nitrogens with one attached hydrogen (secondary N) is 5. The molecule has 3 unspecified atom stereocenters. The summed E-state index contributed by atoms with van der Waals surface area (Å²) < 4.78 is 32.5. The van der Waals surface area contributed by atoms with Crippen molar-refractivity contribution in [1.29, 1.82) is 0 Å². The maximum Gasteiger partial charge on any atom is 0.326 e. The van der Waals surface area contributed by atoms with Crippen LogP contribution in [-0.4, -0.2) is 169 Å². The molecule has 5 atom stereocenters. The molecule has 1 fully saturated rings. The molecule has 1 rings (SSSR count). The van der Waals surface area contributed by atoms with E-state index in [1.54, 1.807) is 20.8 Å². The summed E-state index contributed by atoms with van der Waals surface area (Å²) >= 11 is 0. The van der Waals surface area contributed by atoms with E-state index in [1.165, 1.54) is 205 Å². The summed E-state index contributed by atoms with van der Waals surface area (Å²) in [6.07, 6.45) is 51.3. The van der Waals surface area contributed by atoms with Crippen molar-refractivity contribution in [3.05, 3.63) is 0 Å². The maximum atomic E-state index is 13.4. The van der Waals surface area contributed by atoms with Gasteiger partial charge in [-0.15, -0.1) is 0 Å². The second-order valence-corrected chi connectivity index (χ2v) is 32.0. The number of hydrogen-bond acceptors (Lipinski definition) is 13. The highest BCUT2D eigenvalue weighted by Gasteiger charge is 2.41. The first-order valence-electron chi connectivity index (χ1n) is 41.7. The molecule has 0 saturated carbocycles. The highest BCUT2D eigenvalue weighted by molar-refractivity contribution is 5.86. The first-order valence-corrected chi connectivity index (χ1v) is 41.7. The highest BCUT2D eigenvalue weighted by atomic mass is 16.7. The summed E-state index contributed by atoms with van der Waals surface area (Å²) in [6, 6.07) is -3.91. The largest absolute Gasteiger partial charge is 0.481 e. The van der Waals surface area contributed by atoms with Gasteiger partial charge in [-0.2, -0.15) is 0 Å². The zero-order valence-electron chi connectivity index (χ0n) is 67.5. The number of hydrogen-bond donors (Lipinski definition) is 8. The Labute approximate surface area is 626 Å². The Hall–Kier alpha value is -4.15. The van der Waals surface area contributed by atoms with Crippen LogP contribution >= 0.6 is 0 Å². The van der Waals surface area contributed by atoms with Crippen LogP contribution in [0.1, 0.15) is 371 Å². The van der Waals surface area contributed by atoms with Crippen LogP contribution in [-0.2, 0) is 52.5 Å². The van der Waals surface area contributed by atoms with Gasteiger partial charge in [0.15, 0.2) is 5.79 Å². The quantitative estimate of drug-likeness (QED) is 0.0263. The molecule has 1 saturated heterocycles. The topological polar surface area (TPSA) is 290 Å². The fraction of sp³-hybridized carbons (Fsp3) is 0.915. The molecule has 1 aliphatic heterocycles. The van der Waals surface area contributed by atoms with Gasteiger partial charge in [0.2, 0.25) is 17.7 Å². The molecular weight excluding hydrogens is 1310 g/mol. The van der Waals surface area contributed by atoms with Crippen molar-refractivity contribution in [3.63, 3.8) is 0 Å². The van der Waals surface area contributed by atoms with Crippen LogP contribution in [0.25, 0.3) is 0 Å². The molecule has 0 aromatic rings. The minimum atomic E-state index is -1.51. The zero-order chi connectivity index (χ0) is 76.5. The van der Waals surface area contributed by atoms with Gasteiger partial charge in [0, 0.05) is 51.9 Å². The van der Waals surface area contributed by atoms with Crippen molar-refractivity contribution >= 4 is 41.7 Å². The molecule has 103 heavy (non-hydrogen) atoms. The molecule has 21 heteroatoms. The third-order valence-corrected chi connectivity index (χ3v) is 20.8. The number of carbonyl (C=O) groups excluding carboxylic acids is 4. The van der Waals surface area contributed by atoms with Crippen molar-refractivity contribution < 1.29 is 72.6 Å². The van der Waals surface area contributed by atoms with Gasteiger partial charge in [-0.1, -0.05) is 227 Å². The van der Waals surface area contributed by atoms with E-state index in [0.717, 1.165) is 51.6 Å². The van der Waals surface area contributed by atoms with E-state index in [9.17, 15) is 43.8 Å². The average molecular weight is 1470 g/mol. The fourth-order valence-corrected chi connectivity index (χ4v) is 13.1. The van der Waals surface area contributed by atoms with E-state index in [0.29, 0.717) is 45.3 Å². The summed E-state index contributed by atoms with van der Waals surface area (Å²) in [5.74, 6) is -4.97. The van der Waals surface area contributed by atoms with Crippen LogP contribution in [0.3, 0.4) is 0 Å². The van der Waals surface area contributed by atoms with Crippen molar-refractivity contribution in [1.82, 2.24) is 31.5 Å². The first-order chi connectivity index (χ1) is 49.2. The Morgan fingerprint density at radius 2 is 0.942 bits per heavy atom. The number of nitrogens with zero attached hydrogens (tertiary/aromatic N) is 1. The predicted molar refractivity (Wildman–Crippen MR) is 414 cm³/mol. The van der Waals surface area contributed by atoms with Crippen molar-refractivity contribution in [2.75, 3.05) is 66.2 Å². The molecule has 8 N–H and O–H groups in total. The maximum absolute atomic E-state index is 13.4. The Balaban J connectivity index is 2.46. The van der Waals surface area contributed by atoms with Gasteiger partial charge in [0.1, 0.15) is 12.1 Å². The number of urea groups is 1. The normalized spacial score (nSPS) is 15.7. The third-order valence-electron chi connectivity index (χ3n) is 20.8. The number of amides is 5. The SMILES string of the molecule is CCCCCCCCCCCCCCCCCCC1(CCCCCCCCCCCCCCCCCC)OCC(CCN(C)CCCCCC(=O)NCC(C)(CC)OCC(C)(C)OCCNC(=O)C(C)(C)COC(C)(CC)CC(=O)NCCCC[C@@H](NC(=O)N[C@H](CCC(=O)O)C(=O)O)C(=O)O)O1. The molecule has 5 amide bonds. The molecule has 0 aromatic heterocycles. The van der Waals surface area contributed by atoms with Gasteiger partial charge in [0.25, 0.3) is 0 Å². The van der Waals surface area contributed by atoms with Crippen LogP contribution in [0, 0.1) is 5.41 Å². The van der Waals surface area contributed by atoms with Crippen molar-refractivity contribution in [3.8, 4) is 0 Å². The van der Waals surface area contributed by atoms with Crippen LogP contribution in [0.4, 0.5) is 4.79 Å². The third kappa shape index (κ3) is 51.7. The lowest BCUT2D eigenvalue weighted by Crippen LogP contribution is -2.51. The summed E-state index contributed by atoms with van der Waals surface area (Å²) in [5.41, 5.74) is -3.12. The lowest BCUT2D eigenvalue weighted by atomic mass is 9.92. The summed E-state index contributed by atoms with van der Waals surface area (Å²) in [4.78, 5) is 88.3. The van der Waals surface area contributed by atoms with E-state index < -0.39 is 70.4 Å². The van der Waals surface area contributed by atoms with Gasteiger partial charge in [-0.3, -0.25) is 19.2 Å². The van der Waals surface area contributed by atoms with Gasteiger partial charge in [-0.25, -0.2) is 14.4 Å². The number of carbonyl (C=O) groups is 7. The van der Waals surface area contributed by atoms with Gasteiger partial charge in [-0.05, 0) is 126 Å². The van der Waals surface area contributed by atoms with E-state index in [1.807, 2.05) is 34.6 Å². The van der Waals surface area contributed by atoms with Crippen molar-refractivity contribution in [2.24, 2.45) is 5.41 Å². The van der Waals surface area contributed by atoms with Gasteiger partial charge >= 0.3 is 23.9 Å². The lowest BCUT2D eigenvalue weighted by Gasteiger charge is -2.34. The summed E-state index contributed by atoms with van der Waals surface area (Å²) in [6.45, 7) is 23.7. The molecule has 1 heterocycles. The van der Waals surface area contributed by atoms with Crippen molar-refractivity contribution in [2.45, 2.75) is 412 Å². The number of carboxylic acids is 3. The monoisotopic (exact) mass is 1470 g/mol. The van der Waals surface area contributed by atoms with E-state index >= 15 is 0 Å². The molecule has 0 spiro atoms. The molecule has 0 radical (unpaired) electrons. The molecule has 21 nitrogen and oxygen atoms in total. The zero-order valence-corrected chi connectivity index (χ0v) is 67.5. The van der Waals surface area contributed by atoms with Crippen LogP contribution in [0.5, 0.6) is 0 Å². The Bertz CT molecular complexity index is 2190. The fourth-order valence-electron chi connectivity index (χ4n) is 13.1. The number of ether oxygens (including phenoxy) is 5. The molecule has 1 aliphatic rings. The highest BCUT2D eigenvalue weighted by Crippen LogP contribution is 2.36. The molecule has 0 aromatic carbocycles. The summed E-state index contributed by atoms with van der Waals surface area (Å²) in [5, 5.41) is 40.9. The van der Waals surface area contributed by atoms with Crippen LogP contribution in [0.15, 0.2) is 0 Å². The second kappa shape index (κ2) is 58.9.